The van der Waals surface area contributed by atoms with Gasteiger partial charge in [0.15, 0.2) is 0 Å². The first-order valence-electron chi connectivity index (χ1n) is 18.7. The van der Waals surface area contributed by atoms with Crippen LogP contribution in [-0.4, -0.2) is 14.1 Å². The van der Waals surface area contributed by atoms with Crippen molar-refractivity contribution in [1.29, 1.82) is 0 Å². The molecule has 55 heavy (non-hydrogen) atoms. The molecule has 258 valence electrons. The summed E-state index contributed by atoms with van der Waals surface area (Å²) in [7, 11) is 0. The summed E-state index contributed by atoms with van der Waals surface area (Å²) in [4.78, 5) is 7.27. The first-order valence-corrected chi connectivity index (χ1v) is 18.7. The van der Waals surface area contributed by atoms with Gasteiger partial charge >= 0.3 is 0 Å². The van der Waals surface area contributed by atoms with Gasteiger partial charge in [0, 0.05) is 55.8 Å². The molecule has 0 bridgehead atoms. The van der Waals surface area contributed by atoms with Crippen LogP contribution in [0.1, 0.15) is 0 Å². The van der Waals surface area contributed by atoms with E-state index in [0.717, 1.165) is 39.6 Å². The summed E-state index contributed by atoms with van der Waals surface area (Å²) in [6, 6.07) is 69.8. The zero-order chi connectivity index (χ0) is 36.3. The molecule has 3 heterocycles. The van der Waals surface area contributed by atoms with E-state index in [4.69, 9.17) is 4.98 Å². The van der Waals surface area contributed by atoms with Gasteiger partial charge in [0.05, 0.1) is 39.6 Å². The third kappa shape index (κ3) is 5.03. The molecule has 11 aromatic rings. The maximum atomic E-state index is 4.94. The van der Waals surface area contributed by atoms with E-state index in [-0.39, 0.29) is 0 Å². The Balaban J connectivity index is 1.19. The lowest BCUT2D eigenvalue weighted by atomic mass is 10.0. The van der Waals surface area contributed by atoms with Crippen LogP contribution in [0.15, 0.2) is 207 Å². The number of pyridine rings is 1. The standard InChI is InChI=1S/C51H34N4/c1-2-17-38(18-3-1)53(47-28-14-16-35-15-4-5-19-42(35)47)41-31-37(33-52-34-41)36-29-39(54-48-24-10-6-20-43(48)44-21-7-11-25-49(44)54)32-40(30-36)55-50-26-12-8-22-45(50)46-23-9-13-27-51(46)55/h1-34H. The summed E-state index contributed by atoms with van der Waals surface area (Å²) in [5.74, 6) is 0. The normalized spacial score (nSPS) is 11.6. The molecule has 0 aliphatic carbocycles. The van der Waals surface area contributed by atoms with Crippen molar-refractivity contribution < 1.29 is 0 Å². The Kier molecular flexibility index (Phi) is 7.14. The average molecular weight is 703 g/mol. The Morgan fingerprint density at radius 1 is 0.345 bits per heavy atom. The van der Waals surface area contributed by atoms with Crippen molar-refractivity contribution in [2.75, 3.05) is 4.90 Å². The Bertz CT molecular complexity index is 2980. The summed E-state index contributed by atoms with van der Waals surface area (Å²) in [6.07, 6.45) is 3.97. The molecule has 0 saturated heterocycles. The fraction of sp³-hybridized carbons (Fsp3) is 0. The highest BCUT2D eigenvalue weighted by atomic mass is 15.1. The zero-order valence-electron chi connectivity index (χ0n) is 29.9. The SMILES string of the molecule is c1ccc(N(c2cncc(-c3cc(-n4c5ccccc5c5ccccc54)cc(-n4c5ccccc5c5ccccc54)c3)c2)c2cccc3ccccc23)cc1. The number of fused-ring (bicyclic) bond motifs is 7. The summed E-state index contributed by atoms with van der Waals surface area (Å²) in [5.41, 5.74) is 12.1. The topological polar surface area (TPSA) is 26.0 Å². The Morgan fingerprint density at radius 2 is 0.818 bits per heavy atom. The number of para-hydroxylation sites is 5. The molecule has 0 N–H and O–H groups in total. The van der Waals surface area contributed by atoms with Crippen molar-refractivity contribution in [1.82, 2.24) is 14.1 Å². The molecule has 0 spiro atoms. The van der Waals surface area contributed by atoms with Gasteiger partial charge in [-0.05, 0) is 77.7 Å². The summed E-state index contributed by atoms with van der Waals surface area (Å²) >= 11 is 0. The van der Waals surface area contributed by atoms with Gasteiger partial charge in [-0.3, -0.25) is 4.98 Å². The van der Waals surface area contributed by atoms with Crippen molar-refractivity contribution in [3.8, 4) is 22.5 Å². The van der Waals surface area contributed by atoms with Crippen LogP contribution in [0.3, 0.4) is 0 Å². The van der Waals surface area contributed by atoms with Gasteiger partial charge in [0.25, 0.3) is 0 Å². The third-order valence-corrected chi connectivity index (χ3v) is 10.9. The van der Waals surface area contributed by atoms with Gasteiger partial charge in [-0.15, -0.1) is 0 Å². The minimum absolute atomic E-state index is 0.987. The zero-order valence-corrected chi connectivity index (χ0v) is 29.9. The molecule has 11 rings (SSSR count). The van der Waals surface area contributed by atoms with Gasteiger partial charge in [-0.25, -0.2) is 0 Å². The molecular formula is C51H34N4. The molecule has 4 nitrogen and oxygen atoms in total. The second kappa shape index (κ2) is 12.6. The fourth-order valence-electron chi connectivity index (χ4n) is 8.54. The maximum absolute atomic E-state index is 4.94. The van der Waals surface area contributed by atoms with Crippen LogP contribution >= 0.6 is 0 Å². The quantitative estimate of drug-likeness (QED) is 0.172. The number of hydrogen-bond acceptors (Lipinski definition) is 2. The highest BCUT2D eigenvalue weighted by molar-refractivity contribution is 6.11. The summed E-state index contributed by atoms with van der Waals surface area (Å²) in [5, 5.41) is 7.32. The molecule has 0 atom stereocenters. The number of nitrogens with zero attached hydrogens (tertiary/aromatic N) is 4. The molecule has 0 fully saturated rings. The molecule has 4 heteroatoms. The van der Waals surface area contributed by atoms with Gasteiger partial charge in [0.2, 0.25) is 0 Å². The Morgan fingerprint density at radius 3 is 1.38 bits per heavy atom. The minimum atomic E-state index is 0.987. The first-order chi connectivity index (χ1) is 27.3. The molecule has 0 radical (unpaired) electrons. The van der Waals surface area contributed by atoms with Crippen LogP contribution in [-0.2, 0) is 0 Å². The van der Waals surface area contributed by atoms with E-state index >= 15 is 0 Å². The van der Waals surface area contributed by atoms with E-state index in [0.29, 0.717) is 0 Å². The summed E-state index contributed by atoms with van der Waals surface area (Å²) in [6.45, 7) is 0. The predicted molar refractivity (Wildman–Crippen MR) is 231 cm³/mol. The number of rotatable bonds is 6. The van der Waals surface area contributed by atoms with Crippen LogP contribution in [0.4, 0.5) is 17.1 Å². The second-order valence-electron chi connectivity index (χ2n) is 14.1. The van der Waals surface area contributed by atoms with Crippen molar-refractivity contribution in [3.05, 3.63) is 207 Å². The van der Waals surface area contributed by atoms with Crippen LogP contribution in [0, 0.1) is 0 Å². The lowest BCUT2D eigenvalue weighted by molar-refractivity contribution is 1.13. The highest BCUT2D eigenvalue weighted by Gasteiger charge is 2.19. The summed E-state index contributed by atoms with van der Waals surface area (Å²) < 4.78 is 4.82. The Hall–Kier alpha value is -7.43. The van der Waals surface area contributed by atoms with Crippen LogP contribution in [0.25, 0.3) is 76.9 Å². The van der Waals surface area contributed by atoms with E-state index < -0.39 is 0 Å². The lowest BCUT2D eigenvalue weighted by Crippen LogP contribution is -2.11. The number of benzene rings is 8. The van der Waals surface area contributed by atoms with Crippen molar-refractivity contribution in [2.24, 2.45) is 0 Å². The number of aromatic nitrogens is 3. The van der Waals surface area contributed by atoms with E-state index in [1.807, 2.05) is 12.4 Å². The molecule has 0 unspecified atom stereocenters. The van der Waals surface area contributed by atoms with Crippen LogP contribution in [0.2, 0.25) is 0 Å². The molecule has 3 aromatic heterocycles. The van der Waals surface area contributed by atoms with E-state index in [2.05, 4.69) is 208 Å². The third-order valence-electron chi connectivity index (χ3n) is 10.9. The van der Waals surface area contributed by atoms with Crippen LogP contribution < -0.4 is 4.90 Å². The molecule has 8 aromatic carbocycles. The average Bonchev–Trinajstić information content (AvgIpc) is 3.77. The lowest BCUT2D eigenvalue weighted by Gasteiger charge is -2.27. The number of anilines is 3. The van der Waals surface area contributed by atoms with E-state index in [9.17, 15) is 0 Å². The molecular weight excluding hydrogens is 669 g/mol. The maximum Gasteiger partial charge on any atom is 0.0651 e. The highest BCUT2D eigenvalue weighted by Crippen LogP contribution is 2.41. The van der Waals surface area contributed by atoms with Crippen molar-refractivity contribution >= 4 is 71.4 Å². The van der Waals surface area contributed by atoms with Gasteiger partial charge in [-0.2, -0.15) is 0 Å². The first kappa shape index (κ1) is 31.1. The van der Waals surface area contributed by atoms with E-state index in [1.54, 1.807) is 0 Å². The van der Waals surface area contributed by atoms with E-state index in [1.165, 1.54) is 54.4 Å². The van der Waals surface area contributed by atoms with Crippen LogP contribution in [0.5, 0.6) is 0 Å². The Labute approximate surface area is 318 Å². The largest absolute Gasteiger partial charge is 0.309 e. The smallest absolute Gasteiger partial charge is 0.0651 e. The van der Waals surface area contributed by atoms with Gasteiger partial charge < -0.3 is 14.0 Å². The predicted octanol–water partition coefficient (Wildman–Crippen LogP) is 13.6. The van der Waals surface area contributed by atoms with Crippen molar-refractivity contribution in [2.45, 2.75) is 0 Å². The molecule has 0 saturated carbocycles. The molecule has 0 aliphatic heterocycles. The second-order valence-corrected chi connectivity index (χ2v) is 14.1. The fourth-order valence-corrected chi connectivity index (χ4v) is 8.54. The van der Waals surface area contributed by atoms with Gasteiger partial charge in [-0.1, -0.05) is 127 Å². The van der Waals surface area contributed by atoms with Crippen molar-refractivity contribution in [3.63, 3.8) is 0 Å². The number of hydrogen-bond donors (Lipinski definition) is 0. The minimum Gasteiger partial charge on any atom is -0.309 e. The molecule has 0 aliphatic rings. The monoisotopic (exact) mass is 702 g/mol. The molecule has 0 amide bonds. The van der Waals surface area contributed by atoms with Gasteiger partial charge in [0.1, 0.15) is 0 Å².